The van der Waals surface area contributed by atoms with Crippen LogP contribution in [0.1, 0.15) is 0 Å². The second kappa shape index (κ2) is 4.38. The lowest BCUT2D eigenvalue weighted by Crippen LogP contribution is -2.56. The molecule has 0 aromatic rings. The SMILES string of the molecule is N=[N+]=NN1CCN(C(=O)O)C(C(=O)O)C1. The minimum absolute atomic E-state index is 0.0331. The molecule has 9 nitrogen and oxygen atoms in total. The smallest absolute Gasteiger partial charge is 0.408 e. The summed E-state index contributed by atoms with van der Waals surface area (Å²) in [5, 5.41) is 22.1. The van der Waals surface area contributed by atoms with Crippen molar-refractivity contribution in [1.82, 2.24) is 14.8 Å². The summed E-state index contributed by atoms with van der Waals surface area (Å²) in [5.41, 5.74) is 6.49. The Labute approximate surface area is 84.1 Å². The van der Waals surface area contributed by atoms with E-state index in [1.807, 2.05) is 0 Å². The lowest BCUT2D eigenvalue weighted by molar-refractivity contribution is -0.145. The van der Waals surface area contributed by atoms with Crippen LogP contribution in [-0.4, -0.2) is 57.9 Å². The number of carbonyl (C=O) groups is 2. The van der Waals surface area contributed by atoms with Gasteiger partial charge >= 0.3 is 12.1 Å². The van der Waals surface area contributed by atoms with Crippen molar-refractivity contribution in [2.24, 2.45) is 5.22 Å². The Morgan fingerprint density at radius 3 is 2.53 bits per heavy atom. The highest BCUT2D eigenvalue weighted by Crippen LogP contribution is 2.10. The third-order valence-electron chi connectivity index (χ3n) is 2.06. The van der Waals surface area contributed by atoms with Crippen LogP contribution in [0.25, 0.3) is 0 Å². The first-order valence-corrected chi connectivity index (χ1v) is 4.11. The third-order valence-corrected chi connectivity index (χ3v) is 2.06. The third kappa shape index (κ3) is 2.41. The van der Waals surface area contributed by atoms with Gasteiger partial charge in [0.2, 0.25) is 5.22 Å². The topological polar surface area (TPSA) is 131 Å². The standard InChI is InChI=1S/C6H9N5O4/c7-8-9-10-1-2-11(6(14)15)4(3-10)5(12)13/h4,7H,1-3H2,(H-,12,13,14,15)/p+1. The normalized spacial score (nSPS) is 20.7. The van der Waals surface area contributed by atoms with Crippen molar-refractivity contribution in [3.63, 3.8) is 0 Å². The van der Waals surface area contributed by atoms with Gasteiger partial charge in [-0.2, -0.15) is 0 Å². The Morgan fingerprint density at radius 2 is 2.07 bits per heavy atom. The molecule has 3 N–H and O–H groups in total. The van der Waals surface area contributed by atoms with Gasteiger partial charge in [-0.3, -0.25) is 4.90 Å². The molecule has 9 heteroatoms. The summed E-state index contributed by atoms with van der Waals surface area (Å²) in [6.45, 7) is 0.174. The summed E-state index contributed by atoms with van der Waals surface area (Å²) in [6, 6.07) is -1.17. The highest BCUT2D eigenvalue weighted by atomic mass is 16.4. The molecular formula is C6H10N5O4+. The Hall–Kier alpha value is -2.15. The molecule has 1 aliphatic rings. The van der Waals surface area contributed by atoms with Crippen LogP contribution in [0.2, 0.25) is 0 Å². The zero-order valence-corrected chi connectivity index (χ0v) is 7.70. The largest absolute Gasteiger partial charge is 0.480 e. The highest BCUT2D eigenvalue weighted by molar-refractivity contribution is 5.79. The minimum Gasteiger partial charge on any atom is -0.480 e. The van der Waals surface area contributed by atoms with Crippen LogP contribution in [0.4, 0.5) is 4.79 Å². The predicted octanol–water partition coefficient (Wildman–Crippen LogP) is -0.799. The van der Waals surface area contributed by atoms with E-state index < -0.39 is 18.1 Å². The zero-order chi connectivity index (χ0) is 11.4. The zero-order valence-electron chi connectivity index (χ0n) is 7.70. The lowest BCUT2D eigenvalue weighted by atomic mass is 10.2. The first-order chi connectivity index (χ1) is 7.06. The lowest BCUT2D eigenvalue weighted by Gasteiger charge is -2.30. The van der Waals surface area contributed by atoms with Gasteiger partial charge in [0.15, 0.2) is 6.04 Å². The maximum absolute atomic E-state index is 10.8. The quantitative estimate of drug-likeness (QED) is 0.410. The van der Waals surface area contributed by atoms with Crippen molar-refractivity contribution in [1.29, 1.82) is 5.53 Å². The molecule has 0 aromatic carbocycles. The number of carboxylic acid groups (broad SMARTS) is 2. The number of carboxylic acids is 1. The number of rotatable bonds is 2. The van der Waals surface area contributed by atoms with E-state index in [1.54, 1.807) is 0 Å². The van der Waals surface area contributed by atoms with E-state index in [0.717, 1.165) is 4.90 Å². The Bertz CT molecular complexity index is 325. The Morgan fingerprint density at radius 1 is 1.40 bits per heavy atom. The van der Waals surface area contributed by atoms with Crippen molar-refractivity contribution in [2.45, 2.75) is 6.04 Å². The first-order valence-electron chi connectivity index (χ1n) is 4.11. The summed E-state index contributed by atoms with van der Waals surface area (Å²) >= 11 is 0. The van der Waals surface area contributed by atoms with Gasteiger partial charge in [-0.15, -0.1) is 5.01 Å². The molecular weight excluding hydrogens is 206 g/mol. The summed E-state index contributed by atoms with van der Waals surface area (Å²) in [6.07, 6.45) is -1.27. The number of amides is 1. The molecule has 0 bridgehead atoms. The fourth-order valence-electron chi connectivity index (χ4n) is 1.35. The second-order valence-corrected chi connectivity index (χ2v) is 2.93. The van der Waals surface area contributed by atoms with Gasteiger partial charge in [0.25, 0.3) is 0 Å². The molecule has 0 spiro atoms. The summed E-state index contributed by atoms with van der Waals surface area (Å²) in [4.78, 5) is 25.1. The van der Waals surface area contributed by atoms with Gasteiger partial charge in [-0.25, -0.2) is 9.59 Å². The van der Waals surface area contributed by atoms with Crippen molar-refractivity contribution < 1.29 is 19.8 Å². The molecule has 1 aliphatic heterocycles. The highest BCUT2D eigenvalue weighted by Gasteiger charge is 2.38. The number of hydrogen-bond acceptors (Lipinski definition) is 4. The molecule has 1 atom stereocenters. The van der Waals surface area contributed by atoms with Gasteiger partial charge in [-0.1, -0.05) is 0 Å². The van der Waals surface area contributed by atoms with Crippen molar-refractivity contribution in [3.8, 4) is 0 Å². The molecule has 0 aliphatic carbocycles. The summed E-state index contributed by atoms with van der Waals surface area (Å²) in [7, 11) is 0. The monoisotopic (exact) mass is 216 g/mol. The van der Waals surface area contributed by atoms with Crippen LogP contribution in [-0.2, 0) is 4.79 Å². The maximum Gasteiger partial charge on any atom is 0.408 e. The predicted molar refractivity (Wildman–Crippen MR) is 45.0 cm³/mol. The van der Waals surface area contributed by atoms with Crippen LogP contribution >= 0.6 is 0 Å². The van der Waals surface area contributed by atoms with E-state index in [9.17, 15) is 9.59 Å². The second-order valence-electron chi connectivity index (χ2n) is 2.93. The first kappa shape index (κ1) is 10.9. The minimum atomic E-state index is -1.27. The van der Waals surface area contributed by atoms with Crippen LogP contribution in [0.5, 0.6) is 0 Å². The molecule has 0 saturated carbocycles. The molecule has 1 unspecified atom stereocenters. The molecule has 0 radical (unpaired) electrons. The number of nitrogens with zero attached hydrogens (tertiary/aromatic N) is 4. The van der Waals surface area contributed by atoms with Crippen LogP contribution in [0.3, 0.4) is 0 Å². The average Bonchev–Trinajstić information content (AvgIpc) is 2.17. The Kier molecular flexibility index (Phi) is 3.19. The van der Waals surface area contributed by atoms with Crippen LogP contribution < -0.4 is 4.91 Å². The van der Waals surface area contributed by atoms with E-state index in [1.165, 1.54) is 5.01 Å². The number of nitrogens with one attached hydrogen (secondary N) is 1. The number of piperazine rings is 1. The number of aliphatic carboxylic acids is 1. The van der Waals surface area contributed by atoms with Crippen molar-refractivity contribution in [2.75, 3.05) is 19.6 Å². The molecule has 1 amide bonds. The number of hydrogen-bond donors (Lipinski definition) is 3. The fourth-order valence-corrected chi connectivity index (χ4v) is 1.35. The van der Waals surface area contributed by atoms with Crippen molar-refractivity contribution in [3.05, 3.63) is 0 Å². The van der Waals surface area contributed by atoms with Crippen LogP contribution in [0.15, 0.2) is 5.22 Å². The van der Waals surface area contributed by atoms with E-state index in [0.29, 0.717) is 0 Å². The molecule has 1 heterocycles. The molecule has 1 rings (SSSR count). The molecule has 15 heavy (non-hydrogen) atoms. The molecule has 82 valence electrons. The van der Waals surface area contributed by atoms with Gasteiger partial charge in [0.05, 0.1) is 11.5 Å². The summed E-state index contributed by atoms with van der Waals surface area (Å²) < 4.78 is 0. The van der Waals surface area contributed by atoms with E-state index in [2.05, 4.69) is 10.1 Å². The molecule has 1 fully saturated rings. The molecule has 0 aromatic heterocycles. The maximum atomic E-state index is 10.8. The van der Waals surface area contributed by atoms with Gasteiger partial charge < -0.3 is 10.2 Å². The van der Waals surface area contributed by atoms with Gasteiger partial charge in [-0.05, 0) is 5.53 Å². The van der Waals surface area contributed by atoms with Crippen LogP contribution in [0, 0.1) is 5.53 Å². The van der Waals surface area contributed by atoms with E-state index >= 15 is 0 Å². The van der Waals surface area contributed by atoms with E-state index in [-0.39, 0.29) is 19.6 Å². The van der Waals surface area contributed by atoms with Crippen molar-refractivity contribution >= 4 is 12.1 Å². The van der Waals surface area contributed by atoms with Gasteiger partial charge in [0.1, 0.15) is 13.1 Å². The van der Waals surface area contributed by atoms with E-state index in [4.69, 9.17) is 15.7 Å². The van der Waals surface area contributed by atoms with Gasteiger partial charge in [0, 0.05) is 0 Å². The summed E-state index contributed by atoms with van der Waals surface area (Å²) in [5.74, 6) is -1.23. The Balaban J connectivity index is 2.77. The fraction of sp³-hybridized carbons (Fsp3) is 0.667. The molecule has 1 saturated heterocycles. The average molecular weight is 216 g/mol.